The van der Waals surface area contributed by atoms with Crippen LogP contribution in [-0.4, -0.2) is 42.0 Å². The summed E-state index contributed by atoms with van der Waals surface area (Å²) in [4.78, 5) is 21.2. The number of rotatable bonds is 3. The van der Waals surface area contributed by atoms with Gasteiger partial charge in [0.05, 0.1) is 0 Å². The van der Waals surface area contributed by atoms with E-state index in [0.29, 0.717) is 18.7 Å². The van der Waals surface area contributed by atoms with Crippen LogP contribution in [0.4, 0.5) is 10.2 Å². The summed E-state index contributed by atoms with van der Waals surface area (Å²) in [5.74, 6) is 0.928. The zero-order chi connectivity index (χ0) is 16.5. The Balaban J connectivity index is 1.35. The molecule has 0 spiro atoms. The number of aromatic nitrogens is 1. The van der Waals surface area contributed by atoms with Crippen LogP contribution in [0.1, 0.15) is 17.9 Å². The number of hydrogen-bond acceptors (Lipinski definition) is 3. The van der Waals surface area contributed by atoms with Gasteiger partial charge in [-0.2, -0.15) is 0 Å². The first-order chi connectivity index (χ1) is 11.7. The van der Waals surface area contributed by atoms with Crippen molar-refractivity contribution in [3.05, 3.63) is 60.0 Å². The van der Waals surface area contributed by atoms with E-state index in [2.05, 4.69) is 9.88 Å². The predicted molar refractivity (Wildman–Crippen MR) is 90.3 cm³/mol. The predicted octanol–water partition coefficient (Wildman–Crippen LogP) is 2.67. The Hall–Kier alpha value is -2.43. The second kappa shape index (κ2) is 6.23. The highest BCUT2D eigenvalue weighted by Gasteiger charge is 2.47. The molecule has 2 unspecified atom stereocenters. The van der Waals surface area contributed by atoms with Gasteiger partial charge < -0.3 is 9.80 Å². The minimum absolute atomic E-state index is 0.0486. The second-order valence-electron chi connectivity index (χ2n) is 6.47. The zero-order valence-corrected chi connectivity index (χ0v) is 13.4. The number of piperazine rings is 1. The van der Waals surface area contributed by atoms with Crippen molar-refractivity contribution in [2.75, 3.05) is 31.1 Å². The lowest BCUT2D eigenvalue weighted by atomic mass is 10.1. The molecular weight excluding hydrogens is 305 g/mol. The van der Waals surface area contributed by atoms with Crippen LogP contribution in [0.3, 0.4) is 0 Å². The van der Waals surface area contributed by atoms with E-state index in [0.717, 1.165) is 25.3 Å². The van der Waals surface area contributed by atoms with Crippen LogP contribution in [0.15, 0.2) is 48.7 Å². The minimum atomic E-state index is -0.197. The molecule has 1 aromatic heterocycles. The number of carbonyl (C=O) groups excluding carboxylic acids is 1. The largest absolute Gasteiger partial charge is 0.353 e. The molecule has 4 rings (SSSR count). The molecule has 0 bridgehead atoms. The molecule has 1 aliphatic heterocycles. The van der Waals surface area contributed by atoms with Gasteiger partial charge in [-0.15, -0.1) is 0 Å². The fraction of sp³-hybridized carbons (Fsp3) is 0.368. The van der Waals surface area contributed by atoms with Gasteiger partial charge in [-0.05, 0) is 36.1 Å². The summed E-state index contributed by atoms with van der Waals surface area (Å²) in [6, 6.07) is 12.7. The summed E-state index contributed by atoms with van der Waals surface area (Å²) >= 11 is 0. The van der Waals surface area contributed by atoms with E-state index in [-0.39, 0.29) is 23.6 Å². The van der Waals surface area contributed by atoms with Gasteiger partial charge in [-0.25, -0.2) is 9.37 Å². The molecule has 24 heavy (non-hydrogen) atoms. The number of benzene rings is 1. The maximum atomic E-state index is 13.9. The fourth-order valence-electron chi connectivity index (χ4n) is 3.52. The van der Waals surface area contributed by atoms with Crippen molar-refractivity contribution in [1.29, 1.82) is 0 Å². The van der Waals surface area contributed by atoms with E-state index >= 15 is 0 Å². The smallest absolute Gasteiger partial charge is 0.226 e. The molecule has 1 amide bonds. The standard InChI is InChI=1S/C19H20FN3O/c20-17-6-2-1-5-14(17)15-13-16(15)19(24)23-11-9-22(10-12-23)18-7-3-4-8-21-18/h1-8,15-16H,9-13H2. The summed E-state index contributed by atoms with van der Waals surface area (Å²) in [5.41, 5.74) is 0.683. The first kappa shape index (κ1) is 15.1. The Morgan fingerprint density at radius 2 is 1.79 bits per heavy atom. The van der Waals surface area contributed by atoms with Gasteiger partial charge in [-0.1, -0.05) is 24.3 Å². The average molecular weight is 325 g/mol. The summed E-state index contributed by atoms with van der Waals surface area (Å²) < 4.78 is 13.9. The number of carbonyl (C=O) groups is 1. The lowest BCUT2D eigenvalue weighted by Crippen LogP contribution is -2.49. The summed E-state index contributed by atoms with van der Waals surface area (Å²) in [6.07, 6.45) is 2.55. The molecule has 5 heteroatoms. The molecule has 2 atom stereocenters. The maximum absolute atomic E-state index is 13.9. The lowest BCUT2D eigenvalue weighted by Gasteiger charge is -2.35. The Kier molecular flexibility index (Phi) is 3.92. The average Bonchev–Trinajstić information content (AvgIpc) is 3.43. The molecule has 4 nitrogen and oxygen atoms in total. The van der Waals surface area contributed by atoms with Crippen molar-refractivity contribution < 1.29 is 9.18 Å². The highest BCUT2D eigenvalue weighted by Crippen LogP contribution is 2.49. The van der Waals surface area contributed by atoms with Crippen LogP contribution in [0.25, 0.3) is 0 Å². The molecule has 1 aromatic carbocycles. The molecule has 1 aliphatic carbocycles. The van der Waals surface area contributed by atoms with Gasteiger partial charge in [-0.3, -0.25) is 4.79 Å². The minimum Gasteiger partial charge on any atom is -0.353 e. The molecule has 2 heterocycles. The molecule has 1 saturated carbocycles. The summed E-state index contributed by atoms with van der Waals surface area (Å²) in [6.45, 7) is 2.99. The molecule has 124 valence electrons. The fourth-order valence-corrected chi connectivity index (χ4v) is 3.52. The van der Waals surface area contributed by atoms with Crippen LogP contribution in [0, 0.1) is 11.7 Å². The number of anilines is 1. The first-order valence-corrected chi connectivity index (χ1v) is 8.43. The third-order valence-electron chi connectivity index (χ3n) is 4.98. The van der Waals surface area contributed by atoms with Crippen molar-refractivity contribution in [3.8, 4) is 0 Å². The van der Waals surface area contributed by atoms with Gasteiger partial charge in [0, 0.05) is 38.3 Å². The Morgan fingerprint density at radius 1 is 1.04 bits per heavy atom. The quantitative estimate of drug-likeness (QED) is 0.870. The van der Waals surface area contributed by atoms with E-state index in [1.807, 2.05) is 29.2 Å². The summed E-state index contributed by atoms with van der Waals surface area (Å²) in [7, 11) is 0. The third-order valence-corrected chi connectivity index (χ3v) is 4.98. The highest BCUT2D eigenvalue weighted by molar-refractivity contribution is 5.83. The Labute approximate surface area is 140 Å². The van der Waals surface area contributed by atoms with Crippen LogP contribution >= 0.6 is 0 Å². The zero-order valence-electron chi connectivity index (χ0n) is 13.4. The normalized spacial score (nSPS) is 23.2. The van der Waals surface area contributed by atoms with Crippen LogP contribution in [0.5, 0.6) is 0 Å². The molecule has 2 fully saturated rings. The van der Waals surface area contributed by atoms with E-state index < -0.39 is 0 Å². The number of pyridine rings is 1. The lowest BCUT2D eigenvalue weighted by molar-refractivity contribution is -0.133. The first-order valence-electron chi connectivity index (χ1n) is 8.43. The van der Waals surface area contributed by atoms with Crippen molar-refractivity contribution in [1.82, 2.24) is 9.88 Å². The highest BCUT2D eigenvalue weighted by atomic mass is 19.1. The number of amides is 1. The van der Waals surface area contributed by atoms with E-state index in [9.17, 15) is 9.18 Å². The molecular formula is C19H20FN3O. The van der Waals surface area contributed by atoms with Crippen LogP contribution < -0.4 is 4.90 Å². The van der Waals surface area contributed by atoms with Crippen molar-refractivity contribution >= 4 is 11.7 Å². The molecule has 1 saturated heterocycles. The number of hydrogen-bond donors (Lipinski definition) is 0. The number of halogens is 1. The van der Waals surface area contributed by atoms with Gasteiger partial charge in [0.25, 0.3) is 0 Å². The van der Waals surface area contributed by atoms with Gasteiger partial charge in [0.1, 0.15) is 11.6 Å². The summed E-state index contributed by atoms with van der Waals surface area (Å²) in [5, 5.41) is 0. The van der Waals surface area contributed by atoms with Gasteiger partial charge >= 0.3 is 0 Å². The monoisotopic (exact) mass is 325 g/mol. The van der Waals surface area contributed by atoms with E-state index in [4.69, 9.17) is 0 Å². The van der Waals surface area contributed by atoms with E-state index in [1.165, 1.54) is 6.07 Å². The Morgan fingerprint density at radius 3 is 2.50 bits per heavy atom. The van der Waals surface area contributed by atoms with Crippen molar-refractivity contribution in [2.45, 2.75) is 12.3 Å². The van der Waals surface area contributed by atoms with Crippen molar-refractivity contribution in [2.24, 2.45) is 5.92 Å². The SMILES string of the molecule is O=C(C1CC1c1ccccc1F)N1CCN(c2ccccn2)CC1. The molecule has 2 aromatic rings. The maximum Gasteiger partial charge on any atom is 0.226 e. The topological polar surface area (TPSA) is 36.4 Å². The van der Waals surface area contributed by atoms with Gasteiger partial charge in [0.15, 0.2) is 0 Å². The van der Waals surface area contributed by atoms with E-state index in [1.54, 1.807) is 18.3 Å². The molecule has 0 N–H and O–H groups in total. The Bertz CT molecular complexity index is 728. The van der Waals surface area contributed by atoms with Crippen LogP contribution in [-0.2, 0) is 4.79 Å². The van der Waals surface area contributed by atoms with Crippen LogP contribution in [0.2, 0.25) is 0 Å². The molecule has 2 aliphatic rings. The second-order valence-corrected chi connectivity index (χ2v) is 6.47. The molecule has 0 radical (unpaired) electrons. The third kappa shape index (κ3) is 2.86. The van der Waals surface area contributed by atoms with Gasteiger partial charge in [0.2, 0.25) is 5.91 Å². The van der Waals surface area contributed by atoms with Crippen molar-refractivity contribution in [3.63, 3.8) is 0 Å². The number of nitrogens with zero attached hydrogens (tertiary/aromatic N) is 3.